The second-order valence-electron chi connectivity index (χ2n) is 3.99. The van der Waals surface area contributed by atoms with Crippen molar-refractivity contribution in [3.63, 3.8) is 0 Å². The van der Waals surface area contributed by atoms with Crippen molar-refractivity contribution in [1.29, 1.82) is 0 Å². The zero-order chi connectivity index (χ0) is 11.7. The fourth-order valence-electron chi connectivity index (χ4n) is 2.06. The molecule has 0 fully saturated rings. The van der Waals surface area contributed by atoms with Crippen LogP contribution < -0.4 is 21.9 Å². The Hall–Kier alpha value is -1.72. The number of hydrogen-bond acceptors (Lipinski definition) is 5. The molecular weight excluding hydrogens is 206 g/mol. The molecule has 2 unspecified atom stereocenters. The molecule has 0 saturated heterocycles. The van der Waals surface area contributed by atoms with E-state index in [2.05, 4.69) is 34.4 Å². The lowest BCUT2D eigenvalue weighted by molar-refractivity contribution is 0.545. The second kappa shape index (κ2) is 4.03. The molecule has 1 aromatic heterocycles. The van der Waals surface area contributed by atoms with Crippen LogP contribution in [0.15, 0.2) is 4.79 Å². The predicted molar refractivity (Wildman–Crippen MR) is 64.7 cm³/mol. The van der Waals surface area contributed by atoms with E-state index < -0.39 is 0 Å². The van der Waals surface area contributed by atoms with Gasteiger partial charge in [-0.1, -0.05) is 13.8 Å². The molecule has 16 heavy (non-hydrogen) atoms. The minimum atomic E-state index is -0.219. The van der Waals surface area contributed by atoms with Gasteiger partial charge in [0.1, 0.15) is 5.69 Å². The smallest absolute Gasteiger partial charge is 0.277 e. The van der Waals surface area contributed by atoms with Gasteiger partial charge in [-0.25, -0.2) is 0 Å². The van der Waals surface area contributed by atoms with E-state index in [-0.39, 0.29) is 23.6 Å². The molecule has 0 aliphatic carbocycles. The number of H-pyrrole nitrogens is 1. The van der Waals surface area contributed by atoms with Crippen LogP contribution in [0.1, 0.15) is 26.7 Å². The summed E-state index contributed by atoms with van der Waals surface area (Å²) in [4.78, 5) is 18.2. The Bertz CT molecular complexity index is 441. The van der Waals surface area contributed by atoms with Crippen LogP contribution in [0.25, 0.3) is 0 Å². The highest BCUT2D eigenvalue weighted by Crippen LogP contribution is 2.25. The van der Waals surface area contributed by atoms with Gasteiger partial charge < -0.3 is 16.4 Å². The maximum Gasteiger partial charge on any atom is 0.277 e. The third-order valence-corrected chi connectivity index (χ3v) is 2.95. The summed E-state index contributed by atoms with van der Waals surface area (Å²) in [6.07, 6.45) is 1.92. The Labute approximate surface area is 93.7 Å². The zero-order valence-electron chi connectivity index (χ0n) is 9.50. The minimum absolute atomic E-state index is 0.142. The van der Waals surface area contributed by atoms with Gasteiger partial charge in [-0.3, -0.25) is 9.78 Å². The Kier molecular flexibility index (Phi) is 2.72. The predicted octanol–water partition coefficient (Wildman–Crippen LogP) is 0.747. The van der Waals surface area contributed by atoms with Gasteiger partial charge >= 0.3 is 0 Å². The van der Waals surface area contributed by atoms with Crippen molar-refractivity contribution in [3.8, 4) is 0 Å². The quantitative estimate of drug-likeness (QED) is 0.593. The van der Waals surface area contributed by atoms with Crippen molar-refractivity contribution in [1.82, 2.24) is 9.97 Å². The molecule has 0 aromatic carbocycles. The van der Waals surface area contributed by atoms with Crippen LogP contribution in [-0.2, 0) is 0 Å². The van der Waals surface area contributed by atoms with Crippen molar-refractivity contribution in [2.45, 2.75) is 38.8 Å². The molecular formula is C10H17N5O. The Morgan fingerprint density at radius 2 is 1.88 bits per heavy atom. The Morgan fingerprint density at radius 3 is 2.50 bits per heavy atom. The maximum atomic E-state index is 11.7. The summed E-state index contributed by atoms with van der Waals surface area (Å²) in [6.45, 7) is 4.19. The number of anilines is 3. The third-order valence-electron chi connectivity index (χ3n) is 2.95. The molecule has 2 heterocycles. The molecule has 1 aromatic rings. The van der Waals surface area contributed by atoms with Gasteiger partial charge in [0.25, 0.3) is 5.56 Å². The van der Waals surface area contributed by atoms with E-state index in [1.54, 1.807) is 0 Å². The van der Waals surface area contributed by atoms with Crippen LogP contribution in [0.5, 0.6) is 0 Å². The highest BCUT2D eigenvalue weighted by molar-refractivity contribution is 5.67. The van der Waals surface area contributed by atoms with E-state index in [0.717, 1.165) is 12.8 Å². The first-order chi connectivity index (χ1) is 7.65. The summed E-state index contributed by atoms with van der Waals surface area (Å²) in [6, 6.07) is 0.537. The first-order valence-corrected chi connectivity index (χ1v) is 5.58. The molecule has 0 spiro atoms. The molecule has 5 N–H and O–H groups in total. The summed E-state index contributed by atoms with van der Waals surface area (Å²) in [5, 5.41) is 6.47. The lowest BCUT2D eigenvalue weighted by Gasteiger charge is -2.33. The summed E-state index contributed by atoms with van der Waals surface area (Å²) in [7, 11) is 0. The monoisotopic (exact) mass is 223 g/mol. The number of nitrogens with zero attached hydrogens (tertiary/aromatic N) is 1. The van der Waals surface area contributed by atoms with E-state index in [0.29, 0.717) is 11.5 Å². The van der Waals surface area contributed by atoms with Crippen molar-refractivity contribution in [2.75, 3.05) is 16.4 Å². The Morgan fingerprint density at radius 1 is 1.25 bits per heavy atom. The van der Waals surface area contributed by atoms with Gasteiger partial charge in [0.05, 0.1) is 0 Å². The van der Waals surface area contributed by atoms with E-state index in [1.165, 1.54) is 0 Å². The van der Waals surface area contributed by atoms with Gasteiger partial charge in [0, 0.05) is 12.1 Å². The van der Waals surface area contributed by atoms with Crippen LogP contribution in [0, 0.1) is 0 Å². The van der Waals surface area contributed by atoms with Gasteiger partial charge in [-0.05, 0) is 12.8 Å². The third kappa shape index (κ3) is 1.70. The SMILES string of the molecule is CCC1Nc2nc(N)[nH]c(=O)c2NC1CC. The molecule has 1 aliphatic rings. The maximum absolute atomic E-state index is 11.7. The zero-order valence-corrected chi connectivity index (χ0v) is 9.50. The number of aromatic nitrogens is 2. The Balaban J connectivity index is 2.42. The molecule has 88 valence electrons. The van der Waals surface area contributed by atoms with Gasteiger partial charge in [-0.2, -0.15) is 4.98 Å². The fraction of sp³-hybridized carbons (Fsp3) is 0.600. The highest BCUT2D eigenvalue weighted by atomic mass is 16.1. The van der Waals surface area contributed by atoms with E-state index >= 15 is 0 Å². The molecule has 0 saturated carbocycles. The number of rotatable bonds is 2. The molecule has 2 rings (SSSR count). The molecule has 0 radical (unpaired) electrons. The minimum Gasteiger partial charge on any atom is -0.373 e. The molecule has 6 nitrogen and oxygen atoms in total. The van der Waals surface area contributed by atoms with Gasteiger partial charge in [0.2, 0.25) is 5.95 Å². The molecule has 0 bridgehead atoms. The summed E-state index contributed by atoms with van der Waals surface area (Å²) >= 11 is 0. The molecule has 2 atom stereocenters. The van der Waals surface area contributed by atoms with Crippen molar-refractivity contribution in [3.05, 3.63) is 10.4 Å². The first kappa shape index (κ1) is 10.8. The standard InChI is InChI=1S/C10H17N5O/c1-3-5-6(4-2)13-8-7(12-5)9(16)15-10(11)14-8/h5-6,12H,3-4H2,1-2H3,(H4,11,13,14,15,16). The lowest BCUT2D eigenvalue weighted by Crippen LogP contribution is -2.44. The van der Waals surface area contributed by atoms with E-state index in [9.17, 15) is 4.79 Å². The second-order valence-corrected chi connectivity index (χ2v) is 3.99. The largest absolute Gasteiger partial charge is 0.373 e. The number of nitrogens with two attached hydrogens (primary N) is 1. The van der Waals surface area contributed by atoms with Crippen molar-refractivity contribution >= 4 is 17.5 Å². The van der Waals surface area contributed by atoms with Gasteiger partial charge in [0.15, 0.2) is 5.82 Å². The van der Waals surface area contributed by atoms with Gasteiger partial charge in [-0.15, -0.1) is 0 Å². The normalized spacial score (nSPS) is 23.1. The van der Waals surface area contributed by atoms with Crippen LogP contribution in [0.4, 0.5) is 17.5 Å². The number of nitrogens with one attached hydrogen (secondary N) is 3. The highest BCUT2D eigenvalue weighted by Gasteiger charge is 2.27. The number of aromatic amines is 1. The summed E-state index contributed by atoms with van der Waals surface area (Å²) in [5.74, 6) is 0.695. The lowest BCUT2D eigenvalue weighted by atomic mass is 10.0. The fourth-order valence-corrected chi connectivity index (χ4v) is 2.06. The first-order valence-electron chi connectivity index (χ1n) is 5.58. The average Bonchev–Trinajstić information content (AvgIpc) is 2.27. The molecule has 6 heteroatoms. The summed E-state index contributed by atoms with van der Waals surface area (Å²) < 4.78 is 0. The van der Waals surface area contributed by atoms with Crippen LogP contribution in [0.3, 0.4) is 0 Å². The van der Waals surface area contributed by atoms with Crippen LogP contribution >= 0.6 is 0 Å². The van der Waals surface area contributed by atoms with Crippen molar-refractivity contribution < 1.29 is 0 Å². The number of fused-ring (bicyclic) bond motifs is 1. The number of hydrogen-bond donors (Lipinski definition) is 4. The average molecular weight is 223 g/mol. The van der Waals surface area contributed by atoms with Crippen molar-refractivity contribution in [2.24, 2.45) is 0 Å². The van der Waals surface area contributed by atoms with E-state index in [4.69, 9.17) is 5.73 Å². The van der Waals surface area contributed by atoms with E-state index in [1.807, 2.05) is 0 Å². The summed E-state index contributed by atoms with van der Waals surface area (Å²) in [5.41, 5.74) is 5.77. The van der Waals surface area contributed by atoms with Crippen LogP contribution in [0.2, 0.25) is 0 Å². The molecule has 0 amide bonds. The topological polar surface area (TPSA) is 95.8 Å². The van der Waals surface area contributed by atoms with Crippen LogP contribution in [-0.4, -0.2) is 22.1 Å². The molecule has 1 aliphatic heterocycles. The number of nitrogen functional groups attached to an aromatic ring is 1.